The smallest absolute Gasteiger partial charge is 0.286 e. The van der Waals surface area contributed by atoms with Gasteiger partial charge in [-0.25, -0.2) is 0 Å². The molecule has 3 rings (SSSR count). The van der Waals surface area contributed by atoms with E-state index in [1.807, 2.05) is 42.5 Å². The van der Waals surface area contributed by atoms with Gasteiger partial charge in [0, 0.05) is 5.56 Å². The molecule has 0 radical (unpaired) electrons. The normalized spacial score (nSPS) is 15.2. The summed E-state index contributed by atoms with van der Waals surface area (Å²) in [5.74, 6) is 1.19. The van der Waals surface area contributed by atoms with Crippen LogP contribution in [-0.2, 0) is 4.79 Å². The van der Waals surface area contributed by atoms with Gasteiger partial charge in [-0.05, 0) is 61.0 Å². The molecule has 0 spiro atoms. The predicted octanol–water partition coefficient (Wildman–Crippen LogP) is 3.69. The van der Waals surface area contributed by atoms with E-state index < -0.39 is 0 Å². The molecule has 1 heterocycles. The lowest BCUT2D eigenvalue weighted by atomic mass is 10.1. The topological polar surface area (TPSA) is 73.9 Å². The Morgan fingerprint density at radius 1 is 1.08 bits per heavy atom. The zero-order valence-electron chi connectivity index (χ0n) is 14.7. The fraction of sp³-hybridized carbons (Fsp3) is 0.200. The summed E-state index contributed by atoms with van der Waals surface area (Å²) < 4.78 is 11.6. The summed E-state index contributed by atoms with van der Waals surface area (Å²) >= 11 is 1.16. The Labute approximate surface area is 156 Å². The van der Waals surface area contributed by atoms with E-state index in [2.05, 4.69) is 18.8 Å². The summed E-state index contributed by atoms with van der Waals surface area (Å²) in [4.78, 5) is 16.0. The molecule has 0 fully saturated rings. The molecule has 26 heavy (non-hydrogen) atoms. The molecule has 0 bridgehead atoms. The average molecular weight is 368 g/mol. The Balaban J connectivity index is 1.59. The van der Waals surface area contributed by atoms with Crippen LogP contribution in [0.2, 0.25) is 0 Å². The lowest BCUT2D eigenvalue weighted by molar-refractivity contribution is -0.113. The van der Waals surface area contributed by atoms with Gasteiger partial charge in [0.25, 0.3) is 5.91 Å². The van der Waals surface area contributed by atoms with Crippen molar-refractivity contribution in [2.24, 2.45) is 10.7 Å². The highest BCUT2D eigenvalue weighted by Gasteiger charge is 2.20. The minimum absolute atomic E-state index is 0.265. The van der Waals surface area contributed by atoms with Crippen LogP contribution in [0.3, 0.4) is 0 Å². The van der Waals surface area contributed by atoms with Gasteiger partial charge in [-0.1, -0.05) is 24.3 Å². The van der Waals surface area contributed by atoms with Crippen molar-refractivity contribution < 1.29 is 14.3 Å². The first-order valence-electron chi connectivity index (χ1n) is 8.23. The number of carbonyl (C=O) groups is 1. The van der Waals surface area contributed by atoms with Crippen LogP contribution in [0.1, 0.15) is 16.7 Å². The van der Waals surface area contributed by atoms with Crippen LogP contribution in [0, 0.1) is 13.8 Å². The van der Waals surface area contributed by atoms with Gasteiger partial charge < -0.3 is 15.2 Å². The van der Waals surface area contributed by atoms with E-state index in [9.17, 15) is 4.79 Å². The number of rotatable bonds is 6. The second-order valence-corrected chi connectivity index (χ2v) is 6.91. The summed E-state index contributed by atoms with van der Waals surface area (Å²) in [7, 11) is 0. The number of aliphatic imine (C=N–C) groups is 1. The van der Waals surface area contributed by atoms with Crippen LogP contribution in [0.15, 0.2) is 52.4 Å². The number of benzene rings is 2. The second kappa shape index (κ2) is 8.10. The first-order valence-corrected chi connectivity index (χ1v) is 9.04. The van der Waals surface area contributed by atoms with Gasteiger partial charge in [0.2, 0.25) is 0 Å². The van der Waals surface area contributed by atoms with Gasteiger partial charge in [-0.15, -0.1) is 0 Å². The van der Waals surface area contributed by atoms with Crippen molar-refractivity contribution in [1.29, 1.82) is 0 Å². The van der Waals surface area contributed by atoms with Crippen molar-refractivity contribution in [2.45, 2.75) is 13.8 Å². The Morgan fingerprint density at radius 3 is 2.58 bits per heavy atom. The highest BCUT2D eigenvalue weighted by atomic mass is 32.2. The summed E-state index contributed by atoms with van der Waals surface area (Å²) in [5.41, 5.74) is 8.82. The number of carbonyl (C=O) groups excluding carboxylic acids is 1. The quantitative estimate of drug-likeness (QED) is 0.622. The third-order valence-corrected chi connectivity index (χ3v) is 4.74. The molecule has 0 saturated carbocycles. The van der Waals surface area contributed by atoms with Crippen molar-refractivity contribution in [3.63, 3.8) is 0 Å². The lowest BCUT2D eigenvalue weighted by Crippen LogP contribution is -2.09. The molecule has 5 nitrogen and oxygen atoms in total. The third-order valence-electron chi connectivity index (χ3n) is 3.93. The summed E-state index contributed by atoms with van der Waals surface area (Å²) in [5, 5.41) is 0.265. The number of hydrogen-bond donors (Lipinski definition) is 1. The fourth-order valence-electron chi connectivity index (χ4n) is 2.41. The van der Waals surface area contributed by atoms with Gasteiger partial charge in [0.1, 0.15) is 24.7 Å². The van der Waals surface area contributed by atoms with E-state index >= 15 is 0 Å². The largest absolute Gasteiger partial charge is 0.490 e. The molecule has 1 aliphatic heterocycles. The zero-order valence-corrected chi connectivity index (χ0v) is 15.5. The first-order chi connectivity index (χ1) is 12.5. The van der Waals surface area contributed by atoms with Gasteiger partial charge in [0.15, 0.2) is 5.17 Å². The van der Waals surface area contributed by atoms with Crippen molar-refractivity contribution in [3.05, 3.63) is 64.1 Å². The van der Waals surface area contributed by atoms with Crippen LogP contribution in [0.5, 0.6) is 11.5 Å². The molecular weight excluding hydrogens is 348 g/mol. The number of amidine groups is 1. The van der Waals surface area contributed by atoms with E-state index in [0.29, 0.717) is 23.9 Å². The maximum Gasteiger partial charge on any atom is 0.286 e. The van der Waals surface area contributed by atoms with Crippen molar-refractivity contribution in [3.8, 4) is 11.5 Å². The number of ether oxygens (including phenoxy) is 2. The number of thioether (sulfide) groups is 1. The highest BCUT2D eigenvalue weighted by molar-refractivity contribution is 8.18. The van der Waals surface area contributed by atoms with E-state index in [0.717, 1.165) is 23.1 Å². The Hall–Kier alpha value is -2.73. The van der Waals surface area contributed by atoms with E-state index in [1.54, 1.807) is 6.08 Å². The van der Waals surface area contributed by atoms with Crippen molar-refractivity contribution in [2.75, 3.05) is 13.2 Å². The minimum atomic E-state index is -0.319. The highest BCUT2D eigenvalue weighted by Crippen LogP contribution is 2.29. The molecule has 134 valence electrons. The summed E-state index contributed by atoms with van der Waals surface area (Å²) in [6.07, 6.45) is 1.75. The van der Waals surface area contributed by atoms with Crippen LogP contribution >= 0.6 is 11.8 Å². The maximum absolute atomic E-state index is 11.8. The fourth-order valence-corrected chi connectivity index (χ4v) is 3.09. The van der Waals surface area contributed by atoms with Crippen molar-refractivity contribution >= 4 is 28.9 Å². The zero-order chi connectivity index (χ0) is 18.5. The molecule has 0 aromatic heterocycles. The average Bonchev–Trinajstić information content (AvgIpc) is 2.93. The van der Waals surface area contributed by atoms with Crippen LogP contribution in [0.25, 0.3) is 6.08 Å². The van der Waals surface area contributed by atoms with E-state index in [4.69, 9.17) is 15.2 Å². The molecule has 1 aliphatic rings. The van der Waals surface area contributed by atoms with Crippen LogP contribution in [-0.4, -0.2) is 24.3 Å². The minimum Gasteiger partial charge on any atom is -0.490 e. The molecule has 1 amide bonds. The first kappa shape index (κ1) is 18.1. The molecule has 2 aromatic rings. The van der Waals surface area contributed by atoms with Gasteiger partial charge in [-0.3, -0.25) is 4.79 Å². The summed E-state index contributed by atoms with van der Waals surface area (Å²) in [6.45, 7) is 4.95. The molecular formula is C20H20N2O3S. The molecule has 0 atom stereocenters. The standard InChI is InChI=1S/C20H20N2O3S/c1-13-7-8-16(11-14(13)2)24-9-10-25-17-6-4-3-5-15(17)12-18-19(23)22-20(21)26-18/h3-8,11-12H,9-10H2,1-2H3,(H2,21,22,23). The number of para-hydroxylation sites is 1. The van der Waals surface area contributed by atoms with Crippen LogP contribution in [0.4, 0.5) is 0 Å². The second-order valence-electron chi connectivity index (χ2n) is 5.85. The SMILES string of the molecule is Cc1ccc(OCCOc2ccccc2C=C2SC(N)=NC2=O)cc1C. The monoisotopic (exact) mass is 368 g/mol. The molecule has 2 aromatic carbocycles. The maximum atomic E-state index is 11.8. The number of aryl methyl sites for hydroxylation is 2. The molecule has 6 heteroatoms. The van der Waals surface area contributed by atoms with Gasteiger partial charge >= 0.3 is 0 Å². The van der Waals surface area contributed by atoms with Crippen LogP contribution < -0.4 is 15.2 Å². The summed E-state index contributed by atoms with van der Waals surface area (Å²) in [6, 6.07) is 13.5. The number of hydrogen-bond acceptors (Lipinski definition) is 5. The van der Waals surface area contributed by atoms with Gasteiger partial charge in [-0.2, -0.15) is 4.99 Å². The lowest BCUT2D eigenvalue weighted by Gasteiger charge is -2.11. The molecule has 2 N–H and O–H groups in total. The van der Waals surface area contributed by atoms with Crippen molar-refractivity contribution in [1.82, 2.24) is 0 Å². The third kappa shape index (κ3) is 4.46. The molecule has 0 saturated heterocycles. The van der Waals surface area contributed by atoms with Gasteiger partial charge in [0.05, 0.1) is 4.91 Å². The number of nitrogens with two attached hydrogens (primary N) is 1. The molecule has 0 unspecified atom stereocenters. The molecule has 0 aliphatic carbocycles. The Bertz CT molecular complexity index is 890. The van der Waals surface area contributed by atoms with E-state index in [1.165, 1.54) is 11.1 Å². The Kier molecular flexibility index (Phi) is 5.63. The number of nitrogens with zero attached hydrogens (tertiary/aromatic N) is 1. The number of amides is 1. The Morgan fingerprint density at radius 2 is 1.85 bits per heavy atom. The van der Waals surface area contributed by atoms with E-state index in [-0.39, 0.29) is 11.1 Å². The predicted molar refractivity (Wildman–Crippen MR) is 106 cm³/mol.